The van der Waals surface area contributed by atoms with Gasteiger partial charge in [0, 0.05) is 22.8 Å². The van der Waals surface area contributed by atoms with E-state index in [1.807, 2.05) is 43.0 Å². The Balaban J connectivity index is 1.73. The molecule has 35 heavy (non-hydrogen) atoms. The molecule has 192 valence electrons. The minimum Gasteiger partial charge on any atom is -0.478 e. The number of hydrogen-bond donors (Lipinski definition) is 2. The highest BCUT2D eigenvalue weighted by Gasteiger charge is 2.20. The molecule has 2 rings (SSSR count). The molecular weight excluding hydrogens is 458 g/mol. The van der Waals surface area contributed by atoms with E-state index in [4.69, 9.17) is 9.84 Å². The molecule has 0 bridgehead atoms. The number of carbonyl (C=O) groups is 2. The summed E-state index contributed by atoms with van der Waals surface area (Å²) in [6.07, 6.45) is 12.6. The van der Waals surface area contributed by atoms with Crippen molar-refractivity contribution in [2.75, 3.05) is 17.7 Å². The molecule has 2 aromatic rings. The van der Waals surface area contributed by atoms with Crippen molar-refractivity contribution < 1.29 is 19.4 Å². The largest absolute Gasteiger partial charge is 0.478 e. The van der Waals surface area contributed by atoms with Crippen LogP contribution in [0.2, 0.25) is 0 Å². The Morgan fingerprint density at radius 1 is 0.800 bits per heavy atom. The van der Waals surface area contributed by atoms with E-state index in [0.717, 1.165) is 5.75 Å². The van der Waals surface area contributed by atoms with E-state index in [1.165, 1.54) is 81.2 Å². The summed E-state index contributed by atoms with van der Waals surface area (Å²) in [5.41, 5.74) is 1.41. The number of carboxylic acids is 1. The van der Waals surface area contributed by atoms with Crippen molar-refractivity contribution in [1.82, 2.24) is 0 Å². The summed E-state index contributed by atoms with van der Waals surface area (Å²) in [5, 5.41) is 12.1. The molecular formula is C29H41NO4S. The molecule has 0 aromatic heterocycles. The van der Waals surface area contributed by atoms with Crippen LogP contribution in [0.5, 0.6) is 0 Å². The van der Waals surface area contributed by atoms with Crippen molar-refractivity contribution in [3.8, 4) is 0 Å². The third-order valence-electron chi connectivity index (χ3n) is 5.91. The third-order valence-corrected chi connectivity index (χ3v) is 7.00. The normalized spacial score (nSPS) is 11.8. The summed E-state index contributed by atoms with van der Waals surface area (Å²) >= 11 is 1.84. The Hall–Kier alpha value is -2.31. The van der Waals surface area contributed by atoms with Gasteiger partial charge in [-0.3, -0.25) is 4.79 Å². The van der Waals surface area contributed by atoms with E-state index in [1.54, 1.807) is 12.1 Å². The van der Waals surface area contributed by atoms with Gasteiger partial charge >= 0.3 is 5.97 Å². The molecule has 0 aliphatic rings. The number of hydrogen-bond acceptors (Lipinski definition) is 5. The third kappa shape index (κ3) is 11.3. The molecule has 0 radical (unpaired) electrons. The van der Waals surface area contributed by atoms with Gasteiger partial charge in [0.1, 0.15) is 0 Å². The van der Waals surface area contributed by atoms with Crippen LogP contribution >= 0.6 is 11.8 Å². The number of ether oxygens (including phenoxy) is 1. The van der Waals surface area contributed by atoms with Crippen LogP contribution in [0.25, 0.3) is 0 Å². The van der Waals surface area contributed by atoms with Crippen LogP contribution in [-0.4, -0.2) is 35.4 Å². The second-order valence-electron chi connectivity index (χ2n) is 8.78. The first kappa shape index (κ1) is 28.9. The molecule has 6 heteroatoms. The van der Waals surface area contributed by atoms with Crippen molar-refractivity contribution in [3.63, 3.8) is 0 Å². The molecule has 0 saturated heterocycles. The predicted octanol–water partition coefficient (Wildman–Crippen LogP) is 8.06. The summed E-state index contributed by atoms with van der Waals surface area (Å²) < 4.78 is 5.63. The number of ketones is 1. The first-order valence-electron chi connectivity index (χ1n) is 13.0. The Morgan fingerprint density at radius 2 is 1.34 bits per heavy atom. The van der Waals surface area contributed by atoms with Crippen LogP contribution in [0.4, 0.5) is 5.69 Å². The molecule has 0 heterocycles. The van der Waals surface area contributed by atoms with E-state index < -0.39 is 12.2 Å². The molecule has 0 aliphatic carbocycles. The van der Waals surface area contributed by atoms with Gasteiger partial charge in [-0.2, -0.15) is 0 Å². The number of thioether (sulfide) groups is 1. The van der Waals surface area contributed by atoms with E-state index >= 15 is 0 Å². The number of carbonyl (C=O) groups excluding carboxylic acids is 1. The van der Waals surface area contributed by atoms with Crippen LogP contribution in [-0.2, 0) is 4.74 Å². The first-order valence-corrected chi connectivity index (χ1v) is 14.0. The highest BCUT2D eigenvalue weighted by atomic mass is 32.2. The quantitative estimate of drug-likeness (QED) is 0.0881. The lowest BCUT2D eigenvalue weighted by molar-refractivity contribution is 0.0549. The average molecular weight is 500 g/mol. The lowest BCUT2D eigenvalue weighted by Crippen LogP contribution is -2.32. The molecule has 1 unspecified atom stereocenters. The maximum Gasteiger partial charge on any atom is 0.335 e. The van der Waals surface area contributed by atoms with Crippen LogP contribution in [0, 0.1) is 0 Å². The summed E-state index contributed by atoms with van der Waals surface area (Å²) in [6, 6.07) is 14.0. The first-order chi connectivity index (χ1) is 17.0. The van der Waals surface area contributed by atoms with E-state index in [0.29, 0.717) is 17.9 Å². The fraction of sp³-hybridized carbons (Fsp3) is 0.517. The van der Waals surface area contributed by atoms with Crippen LogP contribution in [0.3, 0.4) is 0 Å². The number of nitrogens with one attached hydrogen (secondary N) is 1. The van der Waals surface area contributed by atoms with Gasteiger partial charge in [-0.15, -0.1) is 11.8 Å². The van der Waals surface area contributed by atoms with Gasteiger partial charge in [0.25, 0.3) is 0 Å². The smallest absolute Gasteiger partial charge is 0.335 e. The minimum atomic E-state index is -0.986. The van der Waals surface area contributed by atoms with Crippen molar-refractivity contribution in [3.05, 3.63) is 59.7 Å². The highest BCUT2D eigenvalue weighted by Crippen LogP contribution is 2.22. The topological polar surface area (TPSA) is 75.6 Å². The summed E-state index contributed by atoms with van der Waals surface area (Å²) in [6.45, 7) is 4.47. The van der Waals surface area contributed by atoms with Crippen LogP contribution in [0.15, 0.2) is 53.4 Å². The number of anilines is 1. The summed E-state index contributed by atoms with van der Waals surface area (Å²) in [5.74, 6) is -0.0419. The fourth-order valence-corrected chi connectivity index (χ4v) is 4.77. The molecule has 2 N–H and O–H groups in total. The number of rotatable bonds is 19. The zero-order valence-electron chi connectivity index (χ0n) is 21.3. The van der Waals surface area contributed by atoms with Gasteiger partial charge in [0.15, 0.2) is 6.23 Å². The van der Waals surface area contributed by atoms with Crippen molar-refractivity contribution in [1.29, 1.82) is 0 Å². The molecule has 5 nitrogen and oxygen atoms in total. The molecule has 0 amide bonds. The van der Waals surface area contributed by atoms with Crippen LogP contribution < -0.4 is 5.32 Å². The molecule has 0 saturated carbocycles. The maximum atomic E-state index is 13.0. The average Bonchev–Trinajstić information content (AvgIpc) is 2.87. The standard InChI is InChI=1S/C29H41NO4S/c1-3-5-6-7-8-9-10-11-12-13-22-35-26-20-16-23(17-21-26)27(31)28(34-4-2)30-25-18-14-24(15-19-25)29(32)33/h14-21,28,30H,3-13,22H2,1-2H3,(H,32,33). The van der Waals surface area contributed by atoms with E-state index in [2.05, 4.69) is 12.2 Å². The van der Waals surface area contributed by atoms with Gasteiger partial charge in [-0.1, -0.05) is 76.8 Å². The molecule has 0 fully saturated rings. The zero-order valence-corrected chi connectivity index (χ0v) is 22.1. The Bertz CT molecular complexity index is 867. The number of carboxylic acid groups (broad SMARTS) is 1. The SMILES string of the molecule is CCCCCCCCCCCCSc1ccc(C(=O)C(Nc2ccc(C(=O)O)cc2)OCC)cc1. The number of benzene rings is 2. The number of unbranched alkanes of at least 4 members (excludes halogenated alkanes) is 9. The lowest BCUT2D eigenvalue weighted by Gasteiger charge is -2.19. The van der Waals surface area contributed by atoms with Gasteiger partial charge < -0.3 is 15.2 Å². The molecule has 1 atom stereocenters. The van der Waals surface area contributed by atoms with Gasteiger partial charge in [0.05, 0.1) is 5.56 Å². The predicted molar refractivity (Wildman–Crippen MR) is 146 cm³/mol. The number of aromatic carboxylic acids is 1. The van der Waals surface area contributed by atoms with Gasteiger partial charge in [-0.25, -0.2) is 4.79 Å². The Labute approximate surface area is 215 Å². The molecule has 0 spiro atoms. The highest BCUT2D eigenvalue weighted by molar-refractivity contribution is 7.99. The van der Waals surface area contributed by atoms with E-state index in [-0.39, 0.29) is 11.3 Å². The second-order valence-corrected chi connectivity index (χ2v) is 9.95. The van der Waals surface area contributed by atoms with Crippen molar-refractivity contribution in [2.24, 2.45) is 0 Å². The molecule has 0 aliphatic heterocycles. The second kappa shape index (κ2) is 17.2. The molecule has 2 aromatic carbocycles. The Morgan fingerprint density at radius 3 is 1.89 bits per heavy atom. The van der Waals surface area contributed by atoms with Crippen LogP contribution in [0.1, 0.15) is 98.8 Å². The van der Waals surface area contributed by atoms with Crippen molar-refractivity contribution in [2.45, 2.75) is 89.2 Å². The maximum absolute atomic E-state index is 13.0. The van der Waals surface area contributed by atoms with Gasteiger partial charge in [0.2, 0.25) is 5.78 Å². The fourth-order valence-electron chi connectivity index (χ4n) is 3.86. The number of Topliss-reactive ketones (excluding diaryl/α,β-unsaturated/α-hetero) is 1. The monoisotopic (exact) mass is 499 g/mol. The Kier molecular flexibility index (Phi) is 14.2. The van der Waals surface area contributed by atoms with Gasteiger partial charge in [-0.05, 0) is 55.5 Å². The van der Waals surface area contributed by atoms with E-state index in [9.17, 15) is 9.59 Å². The summed E-state index contributed by atoms with van der Waals surface area (Å²) in [7, 11) is 0. The minimum absolute atomic E-state index is 0.152. The van der Waals surface area contributed by atoms with Crippen molar-refractivity contribution >= 4 is 29.2 Å². The lowest BCUT2D eigenvalue weighted by atomic mass is 10.1. The summed E-state index contributed by atoms with van der Waals surface area (Å²) in [4.78, 5) is 25.2. The zero-order chi connectivity index (χ0) is 25.3.